The molecule has 1 aliphatic carbocycles. The Labute approximate surface area is 115 Å². The highest BCUT2D eigenvalue weighted by atomic mass is 19.1. The lowest BCUT2D eigenvalue weighted by Gasteiger charge is -2.29. The van der Waals surface area contributed by atoms with E-state index in [4.69, 9.17) is 5.73 Å². The van der Waals surface area contributed by atoms with Crippen molar-refractivity contribution in [1.29, 1.82) is 0 Å². The van der Waals surface area contributed by atoms with Gasteiger partial charge in [-0.2, -0.15) is 0 Å². The molecule has 0 aromatic heterocycles. The third-order valence-corrected chi connectivity index (χ3v) is 4.30. The molecular weight excluding hydrogens is 239 g/mol. The van der Waals surface area contributed by atoms with Gasteiger partial charge in [-0.05, 0) is 49.4 Å². The molecule has 0 spiro atoms. The molecule has 0 heterocycles. The minimum Gasteiger partial charge on any atom is -0.371 e. The van der Waals surface area contributed by atoms with Crippen molar-refractivity contribution in [1.82, 2.24) is 0 Å². The fourth-order valence-corrected chi connectivity index (χ4v) is 2.98. The van der Waals surface area contributed by atoms with Crippen LogP contribution in [0.4, 0.5) is 10.1 Å². The molecule has 2 rings (SSSR count). The Morgan fingerprint density at radius 1 is 1.37 bits per heavy atom. The maximum atomic E-state index is 13.5. The molecule has 2 N–H and O–H groups in total. The Balaban J connectivity index is 2.22. The summed E-state index contributed by atoms with van der Waals surface area (Å²) in [5.41, 5.74) is 8.23. The first-order valence-corrected chi connectivity index (χ1v) is 7.38. The predicted octanol–water partition coefficient (Wildman–Crippen LogP) is 3.48. The van der Waals surface area contributed by atoms with Crippen LogP contribution in [0.3, 0.4) is 0 Å². The van der Waals surface area contributed by atoms with Crippen molar-refractivity contribution in [3.8, 4) is 0 Å². The molecule has 0 bridgehead atoms. The van der Waals surface area contributed by atoms with Crippen LogP contribution in [-0.2, 0) is 6.42 Å². The minimum absolute atomic E-state index is 0.109. The zero-order valence-corrected chi connectivity index (χ0v) is 12.0. The SMILES string of the molecule is CCC(N)Cc1cc(F)ccc1N(C)C1CCCC1. The van der Waals surface area contributed by atoms with Crippen LogP contribution in [0.2, 0.25) is 0 Å². The number of benzene rings is 1. The number of anilines is 1. The summed E-state index contributed by atoms with van der Waals surface area (Å²) in [5, 5.41) is 0. The maximum absolute atomic E-state index is 13.5. The van der Waals surface area contributed by atoms with Gasteiger partial charge in [0, 0.05) is 24.8 Å². The van der Waals surface area contributed by atoms with Gasteiger partial charge in [-0.3, -0.25) is 0 Å². The van der Waals surface area contributed by atoms with E-state index in [1.165, 1.54) is 25.7 Å². The Hall–Kier alpha value is -1.09. The lowest BCUT2D eigenvalue weighted by atomic mass is 10.0. The van der Waals surface area contributed by atoms with Gasteiger partial charge in [-0.25, -0.2) is 4.39 Å². The van der Waals surface area contributed by atoms with E-state index in [-0.39, 0.29) is 11.9 Å². The van der Waals surface area contributed by atoms with E-state index >= 15 is 0 Å². The largest absolute Gasteiger partial charge is 0.371 e. The number of rotatable bonds is 5. The highest BCUT2D eigenvalue weighted by Gasteiger charge is 2.22. The van der Waals surface area contributed by atoms with Crippen LogP contribution in [-0.4, -0.2) is 19.1 Å². The average Bonchev–Trinajstić information content (AvgIpc) is 2.92. The zero-order chi connectivity index (χ0) is 13.8. The van der Waals surface area contributed by atoms with Gasteiger partial charge >= 0.3 is 0 Å². The number of halogens is 1. The van der Waals surface area contributed by atoms with Gasteiger partial charge in [0.1, 0.15) is 5.82 Å². The number of nitrogens with zero attached hydrogens (tertiary/aromatic N) is 1. The van der Waals surface area contributed by atoms with Gasteiger partial charge in [-0.1, -0.05) is 19.8 Å². The van der Waals surface area contributed by atoms with E-state index in [9.17, 15) is 4.39 Å². The summed E-state index contributed by atoms with van der Waals surface area (Å²) in [5.74, 6) is -0.165. The van der Waals surface area contributed by atoms with Crippen molar-refractivity contribution >= 4 is 5.69 Å². The van der Waals surface area contributed by atoms with E-state index in [1.54, 1.807) is 12.1 Å². The van der Waals surface area contributed by atoms with Crippen molar-refractivity contribution in [2.45, 2.75) is 57.5 Å². The van der Waals surface area contributed by atoms with Crippen LogP contribution >= 0.6 is 0 Å². The van der Waals surface area contributed by atoms with E-state index in [1.807, 2.05) is 6.07 Å². The third kappa shape index (κ3) is 3.47. The van der Waals surface area contributed by atoms with Crippen molar-refractivity contribution in [3.63, 3.8) is 0 Å². The molecule has 3 heteroatoms. The van der Waals surface area contributed by atoms with Crippen LogP contribution < -0.4 is 10.6 Å². The van der Waals surface area contributed by atoms with Gasteiger partial charge in [0.2, 0.25) is 0 Å². The van der Waals surface area contributed by atoms with Crippen LogP contribution in [0.15, 0.2) is 18.2 Å². The first-order chi connectivity index (χ1) is 9.11. The van der Waals surface area contributed by atoms with E-state index < -0.39 is 0 Å². The second-order valence-electron chi connectivity index (χ2n) is 5.69. The fraction of sp³-hybridized carbons (Fsp3) is 0.625. The molecule has 0 radical (unpaired) electrons. The monoisotopic (exact) mass is 264 g/mol. The smallest absolute Gasteiger partial charge is 0.123 e. The summed E-state index contributed by atoms with van der Waals surface area (Å²) in [4.78, 5) is 2.32. The molecule has 19 heavy (non-hydrogen) atoms. The van der Waals surface area contributed by atoms with E-state index in [2.05, 4.69) is 18.9 Å². The van der Waals surface area contributed by atoms with E-state index in [0.717, 1.165) is 24.1 Å². The standard InChI is InChI=1S/C16H25FN2/c1-3-14(18)11-12-10-13(17)8-9-16(12)19(2)15-6-4-5-7-15/h8-10,14-15H,3-7,11,18H2,1-2H3. The molecule has 1 fully saturated rings. The highest BCUT2D eigenvalue weighted by molar-refractivity contribution is 5.54. The Bertz CT molecular complexity index is 413. The van der Waals surface area contributed by atoms with Crippen molar-refractivity contribution in [2.24, 2.45) is 5.73 Å². The Kier molecular flexibility index (Phi) is 4.81. The van der Waals surface area contributed by atoms with Gasteiger partial charge in [-0.15, -0.1) is 0 Å². The average molecular weight is 264 g/mol. The minimum atomic E-state index is -0.165. The first-order valence-electron chi connectivity index (χ1n) is 7.38. The second kappa shape index (κ2) is 6.38. The molecule has 2 nitrogen and oxygen atoms in total. The Morgan fingerprint density at radius 2 is 2.05 bits per heavy atom. The number of hydrogen-bond donors (Lipinski definition) is 1. The molecule has 0 saturated heterocycles. The Morgan fingerprint density at radius 3 is 2.68 bits per heavy atom. The summed E-state index contributed by atoms with van der Waals surface area (Å²) < 4.78 is 13.5. The third-order valence-electron chi connectivity index (χ3n) is 4.30. The molecule has 0 aliphatic heterocycles. The van der Waals surface area contributed by atoms with Gasteiger partial charge in [0.15, 0.2) is 0 Å². The summed E-state index contributed by atoms with van der Waals surface area (Å²) in [6.07, 6.45) is 6.77. The second-order valence-corrected chi connectivity index (χ2v) is 5.69. The molecule has 1 aliphatic rings. The summed E-state index contributed by atoms with van der Waals surface area (Å²) in [6, 6.07) is 5.82. The fourth-order valence-electron chi connectivity index (χ4n) is 2.98. The summed E-state index contributed by atoms with van der Waals surface area (Å²) in [7, 11) is 2.13. The van der Waals surface area contributed by atoms with Crippen LogP contribution in [0.5, 0.6) is 0 Å². The molecule has 106 valence electrons. The van der Waals surface area contributed by atoms with Crippen molar-refractivity contribution < 1.29 is 4.39 Å². The molecule has 1 unspecified atom stereocenters. The lowest BCUT2D eigenvalue weighted by Crippen LogP contribution is -2.31. The van der Waals surface area contributed by atoms with Gasteiger partial charge in [0.05, 0.1) is 0 Å². The van der Waals surface area contributed by atoms with Gasteiger partial charge in [0.25, 0.3) is 0 Å². The summed E-state index contributed by atoms with van der Waals surface area (Å²) >= 11 is 0. The topological polar surface area (TPSA) is 29.3 Å². The summed E-state index contributed by atoms with van der Waals surface area (Å²) in [6.45, 7) is 2.07. The number of nitrogens with two attached hydrogens (primary N) is 1. The zero-order valence-electron chi connectivity index (χ0n) is 12.0. The van der Waals surface area contributed by atoms with Gasteiger partial charge < -0.3 is 10.6 Å². The van der Waals surface area contributed by atoms with Crippen molar-refractivity contribution in [2.75, 3.05) is 11.9 Å². The highest BCUT2D eigenvalue weighted by Crippen LogP contribution is 2.30. The van der Waals surface area contributed by atoms with Crippen LogP contribution in [0.1, 0.15) is 44.6 Å². The molecule has 1 aromatic rings. The normalized spacial score (nSPS) is 17.7. The predicted molar refractivity (Wildman–Crippen MR) is 79.0 cm³/mol. The van der Waals surface area contributed by atoms with Crippen LogP contribution in [0, 0.1) is 5.82 Å². The number of hydrogen-bond acceptors (Lipinski definition) is 2. The van der Waals surface area contributed by atoms with Crippen LogP contribution in [0.25, 0.3) is 0 Å². The lowest BCUT2D eigenvalue weighted by molar-refractivity contribution is 0.606. The quantitative estimate of drug-likeness (QED) is 0.882. The maximum Gasteiger partial charge on any atom is 0.123 e. The molecule has 1 aromatic carbocycles. The molecule has 1 atom stereocenters. The first kappa shape index (κ1) is 14.3. The molecular formula is C16H25FN2. The van der Waals surface area contributed by atoms with E-state index in [0.29, 0.717) is 6.04 Å². The molecule has 0 amide bonds. The molecule has 1 saturated carbocycles. The van der Waals surface area contributed by atoms with Crippen molar-refractivity contribution in [3.05, 3.63) is 29.6 Å².